The van der Waals surface area contributed by atoms with Gasteiger partial charge >= 0.3 is 6.09 Å². The lowest BCUT2D eigenvalue weighted by Gasteiger charge is -2.29. The van der Waals surface area contributed by atoms with E-state index in [1.54, 1.807) is 24.3 Å². The summed E-state index contributed by atoms with van der Waals surface area (Å²) in [5, 5.41) is 10.7. The summed E-state index contributed by atoms with van der Waals surface area (Å²) in [5.74, 6) is -0.637. The molecule has 0 saturated carbocycles. The number of carboxylic acid groups (broad SMARTS) is 1. The Labute approximate surface area is 221 Å². The zero-order chi connectivity index (χ0) is 27.6. The van der Waals surface area contributed by atoms with Gasteiger partial charge in [0.2, 0.25) is 0 Å². The first-order chi connectivity index (χ1) is 18.0. The molecule has 0 radical (unpaired) electrons. The van der Waals surface area contributed by atoms with Crippen molar-refractivity contribution in [3.63, 3.8) is 0 Å². The minimum atomic E-state index is -4.67. The Kier molecular flexibility index (Phi) is 8.02. The van der Waals surface area contributed by atoms with E-state index in [4.69, 9.17) is 4.74 Å². The van der Waals surface area contributed by atoms with Crippen molar-refractivity contribution in [3.8, 4) is 5.75 Å². The second-order valence-electron chi connectivity index (χ2n) is 8.63. The average molecular weight is 571 g/mol. The van der Waals surface area contributed by atoms with Crippen LogP contribution < -0.4 is 13.9 Å². The third-order valence-corrected chi connectivity index (χ3v) is 8.75. The van der Waals surface area contributed by atoms with Gasteiger partial charge in [-0.1, -0.05) is 12.1 Å². The van der Waals surface area contributed by atoms with Crippen LogP contribution >= 0.6 is 11.3 Å². The molecule has 1 aromatic heterocycles. The summed E-state index contributed by atoms with van der Waals surface area (Å²) in [5.41, 5.74) is 1.07. The van der Waals surface area contributed by atoms with Gasteiger partial charge in [0.1, 0.15) is 16.5 Å². The number of sulfonamides is 1. The molecule has 1 aliphatic rings. The molecule has 38 heavy (non-hydrogen) atoms. The lowest BCUT2D eigenvalue weighted by Crippen LogP contribution is -2.37. The van der Waals surface area contributed by atoms with E-state index in [0.717, 1.165) is 26.6 Å². The van der Waals surface area contributed by atoms with Crippen LogP contribution in [0, 0.1) is 5.82 Å². The Bertz CT molecular complexity index is 1390. The first-order valence-electron chi connectivity index (χ1n) is 11.4. The van der Waals surface area contributed by atoms with Gasteiger partial charge in [0, 0.05) is 42.8 Å². The highest BCUT2D eigenvalue weighted by molar-refractivity contribution is 7.92. The summed E-state index contributed by atoms with van der Waals surface area (Å²) >= 11 is 1.13. The summed E-state index contributed by atoms with van der Waals surface area (Å²) in [6, 6.07) is 7.48. The number of alkyl halides is 2. The molecular weight excluding hydrogens is 545 g/mol. The molecular formula is C24H25F3N4O5S2. The van der Waals surface area contributed by atoms with Gasteiger partial charge in [-0.15, -0.1) is 11.3 Å². The smallest absolute Gasteiger partial charge is 0.407 e. The van der Waals surface area contributed by atoms with Crippen LogP contribution in [0.4, 0.5) is 29.5 Å². The van der Waals surface area contributed by atoms with Crippen LogP contribution in [0.5, 0.6) is 5.75 Å². The van der Waals surface area contributed by atoms with Gasteiger partial charge < -0.3 is 19.6 Å². The van der Waals surface area contributed by atoms with Crippen LogP contribution in [0.2, 0.25) is 0 Å². The van der Waals surface area contributed by atoms with E-state index in [-0.39, 0.29) is 31.1 Å². The molecule has 2 heterocycles. The molecule has 14 heteroatoms. The number of hydrogen-bond acceptors (Lipinski definition) is 7. The third kappa shape index (κ3) is 5.50. The Morgan fingerprint density at radius 1 is 1.29 bits per heavy atom. The molecule has 1 atom stereocenters. The number of rotatable bonds is 9. The van der Waals surface area contributed by atoms with Gasteiger partial charge in [-0.25, -0.2) is 35.7 Å². The normalized spacial score (nSPS) is 15.6. The number of halogens is 3. The largest absolute Gasteiger partial charge is 0.497 e. The van der Waals surface area contributed by atoms with Gasteiger partial charge in [0.15, 0.2) is 5.82 Å². The maximum absolute atomic E-state index is 15.5. The lowest BCUT2D eigenvalue weighted by atomic mass is 10.1. The fourth-order valence-corrected chi connectivity index (χ4v) is 6.39. The van der Waals surface area contributed by atoms with Crippen LogP contribution in [0.3, 0.4) is 0 Å². The molecule has 0 spiro atoms. The fraction of sp³-hybridized carbons (Fsp3) is 0.333. The maximum Gasteiger partial charge on any atom is 0.407 e. The molecule has 1 saturated heterocycles. The number of benzene rings is 2. The standard InChI is InChI=1S/C24H25F3N4O5S2/c1-29(16-7-8-30(12-16)24(32)33)20-10-19(25)21(9-18(20)23(26)27)38(34,35)31(22-13-37-14-28-22)11-15-3-5-17(36-2)6-4-15/h3-6,9-10,13-14,16,23H,7-8,11-12H2,1-2H3,(H,32,33). The van der Waals surface area contributed by atoms with Gasteiger partial charge in [0.05, 0.1) is 19.2 Å². The van der Waals surface area contributed by atoms with Crippen molar-refractivity contribution in [2.45, 2.75) is 30.3 Å². The predicted octanol–water partition coefficient (Wildman–Crippen LogP) is 4.81. The van der Waals surface area contributed by atoms with Gasteiger partial charge in [0.25, 0.3) is 16.4 Å². The number of aromatic nitrogens is 1. The Morgan fingerprint density at radius 3 is 2.55 bits per heavy atom. The molecule has 204 valence electrons. The van der Waals surface area contributed by atoms with E-state index < -0.39 is 44.9 Å². The summed E-state index contributed by atoms with van der Waals surface area (Å²) in [6.45, 7) is 0.0289. The Hall–Kier alpha value is -3.52. The van der Waals surface area contributed by atoms with Crippen LogP contribution in [0.25, 0.3) is 0 Å². The number of nitrogens with zero attached hydrogens (tertiary/aromatic N) is 4. The molecule has 1 unspecified atom stereocenters. The number of thiazole rings is 1. The lowest BCUT2D eigenvalue weighted by molar-refractivity contribution is 0.150. The van der Waals surface area contributed by atoms with Crippen LogP contribution in [0.1, 0.15) is 24.0 Å². The number of amides is 1. The maximum atomic E-state index is 15.5. The van der Waals surface area contributed by atoms with Gasteiger partial charge in [-0.3, -0.25) is 0 Å². The average Bonchev–Trinajstić information content (AvgIpc) is 3.59. The molecule has 0 aliphatic carbocycles. The highest BCUT2D eigenvalue weighted by Crippen LogP contribution is 2.37. The van der Waals surface area contributed by atoms with Crippen molar-refractivity contribution in [2.75, 3.05) is 36.5 Å². The molecule has 9 nitrogen and oxygen atoms in total. The number of ether oxygens (including phenoxy) is 1. The van der Waals surface area contributed by atoms with Crippen molar-refractivity contribution < 1.29 is 36.2 Å². The zero-order valence-corrected chi connectivity index (χ0v) is 22.1. The van der Waals surface area contributed by atoms with E-state index >= 15 is 4.39 Å². The topological polar surface area (TPSA) is 103 Å². The number of carbonyl (C=O) groups is 1. The first kappa shape index (κ1) is 27.5. The number of hydrogen-bond donors (Lipinski definition) is 1. The van der Waals surface area contributed by atoms with E-state index in [9.17, 15) is 27.1 Å². The monoisotopic (exact) mass is 570 g/mol. The molecule has 4 rings (SSSR count). The first-order valence-corrected chi connectivity index (χ1v) is 13.8. The van der Waals surface area contributed by atoms with E-state index in [2.05, 4.69) is 4.98 Å². The number of anilines is 2. The molecule has 2 aromatic carbocycles. The summed E-state index contributed by atoms with van der Waals surface area (Å²) in [6.07, 6.45) is -3.90. The van der Waals surface area contributed by atoms with Crippen LogP contribution in [-0.2, 0) is 16.6 Å². The summed E-state index contributed by atoms with van der Waals surface area (Å²) in [7, 11) is -1.73. The molecule has 0 bridgehead atoms. The minimum absolute atomic E-state index is 0.0183. The summed E-state index contributed by atoms with van der Waals surface area (Å²) < 4.78 is 77.2. The van der Waals surface area contributed by atoms with Gasteiger partial charge in [-0.05, 0) is 36.2 Å². The quantitative estimate of drug-likeness (QED) is 0.394. The fourth-order valence-electron chi connectivity index (χ4n) is 4.30. The van der Waals surface area contributed by atoms with Crippen LogP contribution in [-0.4, -0.2) is 62.8 Å². The van der Waals surface area contributed by atoms with Crippen molar-refractivity contribution in [1.29, 1.82) is 0 Å². The second-order valence-corrected chi connectivity index (χ2v) is 11.2. The number of methoxy groups -OCH3 is 1. The number of likely N-dealkylation sites (tertiary alicyclic amines) is 1. The molecule has 1 N–H and O–H groups in total. The van der Waals surface area contributed by atoms with Crippen molar-refractivity contribution in [2.24, 2.45) is 0 Å². The van der Waals surface area contributed by atoms with Crippen molar-refractivity contribution >= 4 is 39.0 Å². The molecule has 1 amide bonds. The SMILES string of the molecule is COc1ccc(CN(c2cscn2)S(=O)(=O)c2cc(C(F)F)c(N(C)C3CCN(C(=O)O)C3)cc2F)cc1. The Morgan fingerprint density at radius 2 is 2.00 bits per heavy atom. The predicted molar refractivity (Wildman–Crippen MR) is 136 cm³/mol. The minimum Gasteiger partial charge on any atom is -0.497 e. The molecule has 3 aromatic rings. The van der Waals surface area contributed by atoms with Crippen LogP contribution in [0.15, 0.2) is 52.2 Å². The van der Waals surface area contributed by atoms with E-state index in [0.29, 0.717) is 23.8 Å². The summed E-state index contributed by atoms with van der Waals surface area (Å²) in [4.78, 5) is 16.9. The van der Waals surface area contributed by atoms with Gasteiger partial charge in [-0.2, -0.15) is 0 Å². The van der Waals surface area contributed by atoms with E-state index in [1.165, 1.54) is 29.9 Å². The second kappa shape index (κ2) is 11.1. The van der Waals surface area contributed by atoms with Crippen molar-refractivity contribution in [3.05, 3.63) is 64.2 Å². The van der Waals surface area contributed by atoms with Crippen molar-refractivity contribution in [1.82, 2.24) is 9.88 Å². The highest BCUT2D eigenvalue weighted by Gasteiger charge is 2.35. The van der Waals surface area contributed by atoms with E-state index in [1.807, 2.05) is 0 Å². The highest BCUT2D eigenvalue weighted by atomic mass is 32.2. The molecule has 1 fully saturated rings. The molecule has 1 aliphatic heterocycles. The number of likely N-dealkylation sites (N-methyl/N-ethyl adjacent to an activating group) is 1. The Balaban J connectivity index is 1.73. The zero-order valence-electron chi connectivity index (χ0n) is 20.4. The third-order valence-electron chi connectivity index (χ3n) is 6.41.